The summed E-state index contributed by atoms with van der Waals surface area (Å²) in [6.45, 7) is 2.05. The molecule has 0 atom stereocenters. The highest BCUT2D eigenvalue weighted by Gasteiger charge is 2.02. The smallest absolute Gasteiger partial charge is 0.302 e. The molecule has 0 spiro atoms. The van der Waals surface area contributed by atoms with Gasteiger partial charge in [0.15, 0.2) is 0 Å². The van der Waals surface area contributed by atoms with Gasteiger partial charge in [0, 0.05) is 26.4 Å². The van der Waals surface area contributed by atoms with Crippen LogP contribution in [0.5, 0.6) is 0 Å². The van der Waals surface area contributed by atoms with Gasteiger partial charge in [-0.25, -0.2) is 0 Å². The lowest BCUT2D eigenvalue weighted by Gasteiger charge is -2.02. The van der Waals surface area contributed by atoms with Crippen LogP contribution in [0.3, 0.4) is 0 Å². The molecular formula is C23H40O4. The van der Waals surface area contributed by atoms with Crippen LogP contribution in [0.25, 0.3) is 0 Å². The number of rotatable bonds is 19. The zero-order chi connectivity index (χ0) is 20.0. The molecule has 0 saturated heterocycles. The first-order chi connectivity index (χ1) is 13.2. The van der Waals surface area contributed by atoms with E-state index in [1.54, 1.807) is 0 Å². The summed E-state index contributed by atoms with van der Waals surface area (Å²) < 4.78 is 4.82. The SMILES string of the molecule is CC(=O)OCCCC(=O)CCCCCCCC=CCC=CCCCCCO. The van der Waals surface area contributed by atoms with Gasteiger partial charge in [-0.15, -0.1) is 0 Å². The molecule has 0 aliphatic carbocycles. The number of Topliss-reactive ketones (excluding diaryl/α,β-unsaturated/α-hetero) is 1. The number of aliphatic hydroxyl groups is 1. The Balaban J connectivity index is 3.29. The largest absolute Gasteiger partial charge is 0.466 e. The van der Waals surface area contributed by atoms with Crippen LogP contribution in [0.4, 0.5) is 0 Å². The second kappa shape index (κ2) is 20.9. The Kier molecular flexibility index (Phi) is 19.8. The summed E-state index contributed by atoms with van der Waals surface area (Å²) in [6, 6.07) is 0. The van der Waals surface area contributed by atoms with Crippen molar-refractivity contribution in [1.82, 2.24) is 0 Å². The highest BCUT2D eigenvalue weighted by molar-refractivity contribution is 5.78. The van der Waals surface area contributed by atoms with Crippen molar-refractivity contribution in [3.8, 4) is 0 Å². The van der Waals surface area contributed by atoms with Gasteiger partial charge in [-0.2, -0.15) is 0 Å². The molecule has 0 aliphatic rings. The Morgan fingerprint density at radius 2 is 1.30 bits per heavy atom. The molecule has 0 aromatic heterocycles. The Morgan fingerprint density at radius 3 is 1.93 bits per heavy atom. The summed E-state index contributed by atoms with van der Waals surface area (Å²) in [4.78, 5) is 22.3. The number of aliphatic hydroxyl groups excluding tert-OH is 1. The fraction of sp³-hybridized carbons (Fsp3) is 0.739. The summed E-state index contributed by atoms with van der Waals surface area (Å²) in [6.07, 6.45) is 23.0. The molecule has 4 nitrogen and oxygen atoms in total. The first kappa shape index (κ1) is 25.6. The van der Waals surface area contributed by atoms with Gasteiger partial charge in [0.2, 0.25) is 0 Å². The van der Waals surface area contributed by atoms with Crippen LogP contribution < -0.4 is 0 Å². The van der Waals surface area contributed by atoms with Crippen LogP contribution in [0.2, 0.25) is 0 Å². The summed E-state index contributed by atoms with van der Waals surface area (Å²) in [5.41, 5.74) is 0. The van der Waals surface area contributed by atoms with Crippen LogP contribution in [-0.2, 0) is 14.3 Å². The fourth-order valence-electron chi connectivity index (χ4n) is 2.78. The molecule has 0 saturated carbocycles. The predicted octanol–water partition coefficient (Wildman–Crippen LogP) is 5.68. The first-order valence-electron chi connectivity index (χ1n) is 10.7. The number of hydrogen-bond acceptors (Lipinski definition) is 4. The van der Waals surface area contributed by atoms with E-state index in [-0.39, 0.29) is 11.8 Å². The highest BCUT2D eigenvalue weighted by atomic mass is 16.5. The monoisotopic (exact) mass is 380 g/mol. The third-order valence-corrected chi connectivity index (χ3v) is 4.37. The Bertz CT molecular complexity index is 413. The fourth-order valence-corrected chi connectivity index (χ4v) is 2.78. The molecule has 0 bridgehead atoms. The van der Waals surface area contributed by atoms with Crippen molar-refractivity contribution in [2.45, 2.75) is 96.8 Å². The van der Waals surface area contributed by atoms with E-state index in [1.807, 2.05) is 0 Å². The molecule has 0 aromatic rings. The van der Waals surface area contributed by atoms with Crippen molar-refractivity contribution < 1.29 is 19.4 Å². The quantitative estimate of drug-likeness (QED) is 0.178. The van der Waals surface area contributed by atoms with Crippen molar-refractivity contribution in [2.75, 3.05) is 13.2 Å². The summed E-state index contributed by atoms with van der Waals surface area (Å²) in [5, 5.41) is 8.69. The van der Waals surface area contributed by atoms with Crippen molar-refractivity contribution >= 4 is 11.8 Å². The van der Waals surface area contributed by atoms with Gasteiger partial charge >= 0.3 is 5.97 Å². The lowest BCUT2D eigenvalue weighted by atomic mass is 10.1. The van der Waals surface area contributed by atoms with Gasteiger partial charge in [-0.3, -0.25) is 9.59 Å². The number of carbonyl (C=O) groups excluding carboxylic acids is 2. The minimum absolute atomic E-state index is 0.279. The molecule has 0 fully saturated rings. The number of ketones is 1. The van der Waals surface area contributed by atoms with Gasteiger partial charge < -0.3 is 9.84 Å². The highest BCUT2D eigenvalue weighted by Crippen LogP contribution is 2.09. The zero-order valence-corrected chi connectivity index (χ0v) is 17.3. The summed E-state index contributed by atoms with van der Waals surface area (Å²) >= 11 is 0. The minimum Gasteiger partial charge on any atom is -0.466 e. The number of allylic oxidation sites excluding steroid dienone is 4. The maximum absolute atomic E-state index is 11.7. The van der Waals surface area contributed by atoms with E-state index in [1.165, 1.54) is 32.6 Å². The van der Waals surface area contributed by atoms with E-state index in [9.17, 15) is 9.59 Å². The maximum atomic E-state index is 11.7. The van der Waals surface area contributed by atoms with Crippen LogP contribution in [0.1, 0.15) is 96.8 Å². The normalized spacial score (nSPS) is 11.5. The average molecular weight is 381 g/mol. The zero-order valence-electron chi connectivity index (χ0n) is 17.3. The van der Waals surface area contributed by atoms with E-state index >= 15 is 0 Å². The number of unbranched alkanes of at least 4 members (excludes halogenated alkanes) is 8. The van der Waals surface area contributed by atoms with Crippen molar-refractivity contribution in [3.05, 3.63) is 24.3 Å². The minimum atomic E-state index is -0.279. The standard InChI is InChI=1S/C23H40O4/c1-22(25)27-21-17-19-23(26)18-15-13-11-9-7-5-3-2-4-6-8-10-12-14-16-20-24/h2-3,6,8,24H,4-5,7,9-21H2,1H3. The number of carbonyl (C=O) groups is 2. The van der Waals surface area contributed by atoms with Crippen LogP contribution in [-0.4, -0.2) is 30.1 Å². The van der Waals surface area contributed by atoms with E-state index in [2.05, 4.69) is 24.3 Å². The van der Waals surface area contributed by atoms with Gasteiger partial charge in [0.05, 0.1) is 6.61 Å². The molecule has 0 rings (SSSR count). The van der Waals surface area contributed by atoms with E-state index in [0.717, 1.165) is 44.9 Å². The van der Waals surface area contributed by atoms with Crippen molar-refractivity contribution in [2.24, 2.45) is 0 Å². The molecule has 0 amide bonds. The predicted molar refractivity (Wildman–Crippen MR) is 112 cm³/mol. The van der Waals surface area contributed by atoms with Crippen molar-refractivity contribution in [3.63, 3.8) is 0 Å². The second-order valence-corrected chi connectivity index (χ2v) is 7.04. The second-order valence-electron chi connectivity index (χ2n) is 7.04. The third-order valence-electron chi connectivity index (χ3n) is 4.37. The van der Waals surface area contributed by atoms with Gasteiger partial charge in [0.1, 0.15) is 5.78 Å². The molecule has 0 aliphatic heterocycles. The summed E-state index contributed by atoms with van der Waals surface area (Å²) in [5.74, 6) is 0.00519. The maximum Gasteiger partial charge on any atom is 0.302 e. The van der Waals surface area contributed by atoms with E-state index in [0.29, 0.717) is 32.5 Å². The topological polar surface area (TPSA) is 63.6 Å². The molecular weight excluding hydrogens is 340 g/mol. The number of esters is 1. The third kappa shape index (κ3) is 22.5. The number of hydrogen-bond donors (Lipinski definition) is 1. The van der Waals surface area contributed by atoms with Crippen LogP contribution in [0.15, 0.2) is 24.3 Å². The lowest BCUT2D eigenvalue weighted by Crippen LogP contribution is -2.04. The molecule has 27 heavy (non-hydrogen) atoms. The Morgan fingerprint density at radius 1 is 0.741 bits per heavy atom. The van der Waals surface area contributed by atoms with Gasteiger partial charge in [-0.1, -0.05) is 50.0 Å². The molecule has 0 heterocycles. The molecule has 1 N–H and O–H groups in total. The Labute approximate surface area is 166 Å². The molecule has 0 radical (unpaired) electrons. The lowest BCUT2D eigenvalue weighted by molar-refractivity contribution is -0.141. The van der Waals surface area contributed by atoms with Crippen molar-refractivity contribution in [1.29, 1.82) is 0 Å². The molecule has 156 valence electrons. The van der Waals surface area contributed by atoms with E-state index in [4.69, 9.17) is 9.84 Å². The number of ether oxygens (including phenoxy) is 1. The Hall–Kier alpha value is -1.42. The van der Waals surface area contributed by atoms with E-state index < -0.39 is 0 Å². The van der Waals surface area contributed by atoms with Gasteiger partial charge in [-0.05, 0) is 51.4 Å². The summed E-state index contributed by atoms with van der Waals surface area (Å²) in [7, 11) is 0. The molecule has 4 heteroatoms. The molecule has 0 aromatic carbocycles. The first-order valence-corrected chi connectivity index (χ1v) is 10.7. The average Bonchev–Trinajstić information content (AvgIpc) is 2.64. The van der Waals surface area contributed by atoms with Crippen LogP contribution in [0, 0.1) is 0 Å². The van der Waals surface area contributed by atoms with Crippen LogP contribution >= 0.6 is 0 Å². The van der Waals surface area contributed by atoms with Gasteiger partial charge in [0.25, 0.3) is 0 Å². The molecule has 0 unspecified atom stereocenters.